The lowest BCUT2D eigenvalue weighted by molar-refractivity contribution is 0.0225. The lowest BCUT2D eigenvalue weighted by Gasteiger charge is -2.26. The van der Waals surface area contributed by atoms with Crippen molar-refractivity contribution in [3.8, 4) is 5.75 Å². The summed E-state index contributed by atoms with van der Waals surface area (Å²) in [5.74, 6) is 0.725. The molecule has 0 unspecified atom stereocenters. The maximum absolute atomic E-state index is 12.1. The molecule has 0 N–H and O–H groups in total. The Balaban J connectivity index is 2.19. The summed E-state index contributed by atoms with van der Waals surface area (Å²) < 4.78 is 11.0. The molecule has 1 aromatic carbocycles. The van der Waals surface area contributed by atoms with Crippen LogP contribution in [0.4, 0.5) is 10.5 Å². The molecule has 1 aromatic rings. The highest BCUT2D eigenvalue weighted by atomic mass is 16.6. The van der Waals surface area contributed by atoms with Crippen LogP contribution < -0.4 is 4.74 Å². The van der Waals surface area contributed by atoms with Gasteiger partial charge in [0.2, 0.25) is 0 Å². The second-order valence-corrected chi connectivity index (χ2v) is 5.65. The highest BCUT2D eigenvalue weighted by Crippen LogP contribution is 2.28. The number of nitrogens with zero attached hydrogens (tertiary/aromatic N) is 2. The van der Waals surface area contributed by atoms with Crippen molar-refractivity contribution < 1.29 is 14.3 Å². The molecule has 5 heteroatoms. The van der Waals surface area contributed by atoms with E-state index in [1.807, 2.05) is 20.8 Å². The lowest BCUT2D eigenvalue weighted by Crippen LogP contribution is -2.37. The zero-order valence-electron chi connectivity index (χ0n) is 12.0. The molecule has 106 valence electrons. The molecule has 1 amide bonds. The van der Waals surface area contributed by atoms with Gasteiger partial charge in [0.25, 0.3) is 0 Å². The van der Waals surface area contributed by atoms with Crippen LogP contribution in [0.2, 0.25) is 0 Å². The average Bonchev–Trinajstić information content (AvgIpc) is 2.57. The van der Waals surface area contributed by atoms with Gasteiger partial charge in [0.15, 0.2) is 5.69 Å². The predicted molar refractivity (Wildman–Crippen MR) is 74.8 cm³/mol. The number of rotatable bonds is 0. The number of amides is 1. The van der Waals surface area contributed by atoms with Crippen molar-refractivity contribution in [1.29, 1.82) is 0 Å². The molecule has 20 heavy (non-hydrogen) atoms. The first-order valence-electron chi connectivity index (χ1n) is 6.50. The Morgan fingerprint density at radius 2 is 2.20 bits per heavy atom. The summed E-state index contributed by atoms with van der Waals surface area (Å²) in [4.78, 5) is 17.1. The minimum atomic E-state index is -0.522. The molecule has 0 bridgehead atoms. The number of ether oxygens (including phenoxy) is 2. The maximum atomic E-state index is 12.1. The highest BCUT2D eigenvalue weighted by molar-refractivity contribution is 5.68. The number of carbonyl (C=O) groups is 1. The van der Waals surface area contributed by atoms with Crippen molar-refractivity contribution in [1.82, 2.24) is 4.90 Å². The van der Waals surface area contributed by atoms with Crippen LogP contribution in [-0.2, 0) is 11.3 Å². The summed E-state index contributed by atoms with van der Waals surface area (Å²) in [6.45, 7) is 13.8. The quantitative estimate of drug-likeness (QED) is 0.681. The summed E-state index contributed by atoms with van der Waals surface area (Å²) >= 11 is 0. The van der Waals surface area contributed by atoms with Crippen LogP contribution in [0.3, 0.4) is 0 Å². The van der Waals surface area contributed by atoms with Crippen molar-refractivity contribution in [3.63, 3.8) is 0 Å². The molecule has 5 nitrogen and oxygen atoms in total. The third kappa shape index (κ3) is 3.41. The van der Waals surface area contributed by atoms with Gasteiger partial charge in [-0.1, -0.05) is 6.07 Å². The van der Waals surface area contributed by atoms with E-state index in [-0.39, 0.29) is 6.09 Å². The standard InChI is InChI=1S/C15H18N2O3/c1-15(2,3)20-14(18)17-7-8-19-13-6-5-12(16-4)9-11(13)10-17/h5-6,9H,7-8,10H2,1-3H3. The fraction of sp³-hybridized carbons (Fsp3) is 0.467. The van der Waals surface area contributed by atoms with Crippen LogP contribution in [0.25, 0.3) is 4.85 Å². The Hall–Kier alpha value is -2.22. The van der Waals surface area contributed by atoms with Crippen molar-refractivity contribution in [2.24, 2.45) is 0 Å². The minimum absolute atomic E-state index is 0.359. The Morgan fingerprint density at radius 1 is 1.45 bits per heavy atom. The normalized spacial score (nSPS) is 14.6. The van der Waals surface area contributed by atoms with Gasteiger partial charge in [-0.25, -0.2) is 9.64 Å². The van der Waals surface area contributed by atoms with Crippen molar-refractivity contribution >= 4 is 11.8 Å². The van der Waals surface area contributed by atoms with Gasteiger partial charge in [0.05, 0.1) is 19.7 Å². The molecule has 0 saturated carbocycles. The Morgan fingerprint density at radius 3 is 2.85 bits per heavy atom. The molecule has 0 aromatic heterocycles. The van der Waals surface area contributed by atoms with Gasteiger partial charge >= 0.3 is 6.09 Å². The van der Waals surface area contributed by atoms with E-state index in [1.54, 1.807) is 23.1 Å². The van der Waals surface area contributed by atoms with Gasteiger partial charge in [-0.3, -0.25) is 0 Å². The van der Waals surface area contributed by atoms with E-state index in [0.717, 1.165) is 11.3 Å². The minimum Gasteiger partial charge on any atom is -0.491 e. The fourth-order valence-electron chi connectivity index (χ4n) is 1.93. The molecule has 1 heterocycles. The third-order valence-corrected chi connectivity index (χ3v) is 2.80. The average molecular weight is 274 g/mol. The first-order chi connectivity index (χ1) is 9.39. The Bertz CT molecular complexity index is 555. The highest BCUT2D eigenvalue weighted by Gasteiger charge is 2.25. The molecule has 0 radical (unpaired) electrons. The molecule has 2 rings (SSSR count). The lowest BCUT2D eigenvalue weighted by atomic mass is 10.1. The second kappa shape index (κ2) is 5.41. The molecule has 0 fully saturated rings. The van der Waals surface area contributed by atoms with Gasteiger partial charge in [-0.15, -0.1) is 0 Å². The van der Waals surface area contributed by atoms with Gasteiger partial charge in [0, 0.05) is 5.56 Å². The summed E-state index contributed by atoms with van der Waals surface area (Å²) in [6.07, 6.45) is -0.359. The number of carbonyl (C=O) groups excluding carboxylic acids is 1. The number of hydrogen-bond acceptors (Lipinski definition) is 3. The molecular weight excluding hydrogens is 256 g/mol. The van der Waals surface area contributed by atoms with Crippen LogP contribution in [-0.4, -0.2) is 29.7 Å². The Labute approximate surface area is 118 Å². The number of fused-ring (bicyclic) bond motifs is 1. The SMILES string of the molecule is [C-]#[N+]c1ccc2c(c1)CN(C(=O)OC(C)(C)C)CCO2. The van der Waals surface area contributed by atoms with Crippen molar-refractivity contribution in [3.05, 3.63) is 35.2 Å². The smallest absolute Gasteiger partial charge is 0.410 e. The molecule has 0 atom stereocenters. The maximum Gasteiger partial charge on any atom is 0.410 e. The van der Waals surface area contributed by atoms with Gasteiger partial charge < -0.3 is 14.4 Å². The van der Waals surface area contributed by atoms with E-state index in [1.165, 1.54) is 0 Å². The van der Waals surface area contributed by atoms with Crippen molar-refractivity contribution in [2.45, 2.75) is 32.9 Å². The van der Waals surface area contributed by atoms with Gasteiger partial charge in [-0.05, 0) is 32.9 Å². The van der Waals surface area contributed by atoms with E-state index < -0.39 is 5.60 Å². The molecule has 0 saturated heterocycles. The first-order valence-corrected chi connectivity index (χ1v) is 6.50. The van der Waals surface area contributed by atoms with Gasteiger partial charge in [-0.2, -0.15) is 0 Å². The Kier molecular flexibility index (Phi) is 3.84. The summed E-state index contributed by atoms with van der Waals surface area (Å²) in [7, 11) is 0. The fourth-order valence-corrected chi connectivity index (χ4v) is 1.93. The summed E-state index contributed by atoms with van der Waals surface area (Å²) in [6, 6.07) is 5.25. The molecule has 0 aliphatic carbocycles. The third-order valence-electron chi connectivity index (χ3n) is 2.80. The monoisotopic (exact) mass is 274 g/mol. The van der Waals surface area contributed by atoms with E-state index >= 15 is 0 Å². The van der Waals surface area contributed by atoms with Crippen LogP contribution >= 0.6 is 0 Å². The predicted octanol–water partition coefficient (Wildman–Crippen LogP) is 3.37. The van der Waals surface area contributed by atoms with Crippen LogP contribution in [0.5, 0.6) is 5.75 Å². The largest absolute Gasteiger partial charge is 0.491 e. The van der Waals surface area contributed by atoms with Crippen LogP contribution in [0.1, 0.15) is 26.3 Å². The molecule has 1 aliphatic rings. The molecule has 0 spiro atoms. The first kappa shape index (κ1) is 14.2. The van der Waals surface area contributed by atoms with Crippen molar-refractivity contribution in [2.75, 3.05) is 13.2 Å². The van der Waals surface area contributed by atoms with E-state index in [9.17, 15) is 4.79 Å². The second-order valence-electron chi connectivity index (χ2n) is 5.65. The van der Waals surface area contributed by atoms with Crippen LogP contribution in [0.15, 0.2) is 18.2 Å². The van der Waals surface area contributed by atoms with E-state index in [4.69, 9.17) is 16.0 Å². The zero-order chi connectivity index (χ0) is 14.8. The zero-order valence-corrected chi connectivity index (χ0v) is 12.0. The number of hydrogen-bond donors (Lipinski definition) is 0. The molecular formula is C15H18N2O3. The van der Waals surface area contributed by atoms with E-state index in [2.05, 4.69) is 4.85 Å². The summed E-state index contributed by atoms with van der Waals surface area (Å²) in [5.41, 5.74) is 0.853. The number of benzene rings is 1. The van der Waals surface area contributed by atoms with E-state index in [0.29, 0.717) is 25.4 Å². The molecule has 1 aliphatic heterocycles. The van der Waals surface area contributed by atoms with Crippen LogP contribution in [0, 0.1) is 6.57 Å². The summed E-state index contributed by atoms with van der Waals surface area (Å²) in [5, 5.41) is 0. The topological polar surface area (TPSA) is 43.1 Å². The van der Waals surface area contributed by atoms with Gasteiger partial charge in [0.1, 0.15) is 18.0 Å².